The van der Waals surface area contributed by atoms with Gasteiger partial charge in [-0.05, 0) is 24.5 Å². The molecule has 0 aromatic heterocycles. The Balaban J connectivity index is 2.64. The molecular formula is C22H26O4. The Bertz CT molecular complexity index is 699. The summed E-state index contributed by atoms with van der Waals surface area (Å²) in [5.41, 5.74) is 1.52. The first kappa shape index (κ1) is 19.9. The Labute approximate surface area is 155 Å². The molecule has 4 heteroatoms. The Morgan fingerprint density at radius 2 is 1.42 bits per heavy atom. The molecule has 0 aliphatic rings. The number of hydrogen-bond donors (Lipinski definition) is 1. The van der Waals surface area contributed by atoms with Crippen LogP contribution in [-0.4, -0.2) is 24.3 Å². The zero-order valence-corrected chi connectivity index (χ0v) is 15.4. The molecule has 0 radical (unpaired) electrons. The summed E-state index contributed by atoms with van der Waals surface area (Å²) in [6.07, 6.45) is 3.13. The number of benzene rings is 2. The van der Waals surface area contributed by atoms with Gasteiger partial charge in [0, 0.05) is 5.56 Å². The lowest BCUT2D eigenvalue weighted by atomic mass is 9.94. The number of rotatable bonds is 10. The van der Waals surface area contributed by atoms with Crippen molar-refractivity contribution in [2.24, 2.45) is 0 Å². The first-order valence-corrected chi connectivity index (χ1v) is 8.98. The molecule has 2 aromatic carbocycles. The van der Waals surface area contributed by atoms with Crippen molar-refractivity contribution in [3.05, 3.63) is 77.4 Å². The van der Waals surface area contributed by atoms with E-state index in [0.717, 1.165) is 18.4 Å². The van der Waals surface area contributed by atoms with Crippen molar-refractivity contribution in [3.8, 4) is 0 Å². The lowest BCUT2D eigenvalue weighted by Crippen LogP contribution is -2.39. The van der Waals surface area contributed by atoms with Crippen molar-refractivity contribution in [2.75, 3.05) is 13.2 Å². The molecule has 0 saturated carbocycles. The van der Waals surface area contributed by atoms with Crippen LogP contribution in [0, 0.1) is 0 Å². The molecule has 138 valence electrons. The lowest BCUT2D eigenvalue weighted by molar-refractivity contribution is -0.222. The van der Waals surface area contributed by atoms with Gasteiger partial charge >= 0.3 is 5.97 Å². The standard InChI is InChI=1S/C22H26O4/c1-3-15-25-22(26-16-4-2,19-13-9-6-10-14-19)20(21(23)24)17-18-11-7-5-8-12-18/h5-14,17H,3-4,15-16H2,1-2H3,(H,23,24). The summed E-state index contributed by atoms with van der Waals surface area (Å²) in [7, 11) is 0. The molecule has 2 aromatic rings. The monoisotopic (exact) mass is 354 g/mol. The maximum absolute atomic E-state index is 12.2. The van der Waals surface area contributed by atoms with Gasteiger partial charge in [0.15, 0.2) is 0 Å². The predicted molar refractivity (Wildman–Crippen MR) is 103 cm³/mol. The lowest BCUT2D eigenvalue weighted by Gasteiger charge is -2.35. The number of carboxylic acids is 1. The van der Waals surface area contributed by atoms with Gasteiger partial charge in [-0.1, -0.05) is 74.5 Å². The van der Waals surface area contributed by atoms with Crippen LogP contribution in [0.15, 0.2) is 66.2 Å². The van der Waals surface area contributed by atoms with Gasteiger partial charge in [-0.15, -0.1) is 0 Å². The third-order valence-corrected chi connectivity index (χ3v) is 3.87. The van der Waals surface area contributed by atoms with Gasteiger partial charge in [-0.3, -0.25) is 0 Å². The van der Waals surface area contributed by atoms with Crippen LogP contribution in [0.4, 0.5) is 0 Å². The predicted octanol–water partition coefficient (Wildman–Crippen LogP) is 4.86. The molecule has 0 bridgehead atoms. The third kappa shape index (κ3) is 4.81. The van der Waals surface area contributed by atoms with E-state index in [1.807, 2.05) is 74.5 Å². The summed E-state index contributed by atoms with van der Waals surface area (Å²) in [6, 6.07) is 18.6. The summed E-state index contributed by atoms with van der Waals surface area (Å²) in [6.45, 7) is 4.74. The van der Waals surface area contributed by atoms with Crippen molar-refractivity contribution in [3.63, 3.8) is 0 Å². The maximum atomic E-state index is 12.2. The molecule has 4 nitrogen and oxygen atoms in total. The van der Waals surface area contributed by atoms with Crippen molar-refractivity contribution >= 4 is 12.0 Å². The van der Waals surface area contributed by atoms with E-state index < -0.39 is 11.8 Å². The molecule has 0 atom stereocenters. The van der Waals surface area contributed by atoms with Gasteiger partial charge < -0.3 is 14.6 Å². The van der Waals surface area contributed by atoms with Crippen LogP contribution in [-0.2, 0) is 20.1 Å². The summed E-state index contributed by atoms with van der Waals surface area (Å²) in [5, 5.41) is 10.0. The molecule has 0 heterocycles. The molecule has 0 spiro atoms. The second-order valence-electron chi connectivity index (χ2n) is 5.95. The molecule has 1 N–H and O–H groups in total. The minimum absolute atomic E-state index is 0.0665. The molecule has 0 aliphatic carbocycles. The van der Waals surface area contributed by atoms with Gasteiger partial charge in [-0.2, -0.15) is 0 Å². The van der Waals surface area contributed by atoms with Crippen LogP contribution in [0.3, 0.4) is 0 Å². The van der Waals surface area contributed by atoms with E-state index in [0.29, 0.717) is 18.8 Å². The zero-order valence-electron chi connectivity index (χ0n) is 15.4. The third-order valence-electron chi connectivity index (χ3n) is 3.87. The largest absolute Gasteiger partial charge is 0.478 e. The van der Waals surface area contributed by atoms with Crippen LogP contribution >= 0.6 is 0 Å². The molecule has 0 saturated heterocycles. The van der Waals surface area contributed by atoms with Crippen LogP contribution < -0.4 is 0 Å². The minimum Gasteiger partial charge on any atom is -0.478 e. The highest BCUT2D eigenvalue weighted by molar-refractivity contribution is 5.94. The van der Waals surface area contributed by atoms with Crippen molar-refractivity contribution in [2.45, 2.75) is 32.5 Å². The van der Waals surface area contributed by atoms with Gasteiger partial charge in [0.2, 0.25) is 5.79 Å². The van der Waals surface area contributed by atoms with E-state index in [-0.39, 0.29) is 5.57 Å². The van der Waals surface area contributed by atoms with E-state index in [1.54, 1.807) is 6.08 Å². The fraction of sp³-hybridized carbons (Fsp3) is 0.318. The summed E-state index contributed by atoms with van der Waals surface area (Å²) < 4.78 is 12.2. The average Bonchev–Trinajstić information content (AvgIpc) is 2.68. The quantitative estimate of drug-likeness (QED) is 0.489. The van der Waals surface area contributed by atoms with E-state index in [2.05, 4.69) is 0 Å². The molecule has 0 amide bonds. The second kappa shape index (κ2) is 9.90. The van der Waals surface area contributed by atoms with Crippen LogP contribution in [0.25, 0.3) is 6.08 Å². The molecule has 2 rings (SSSR count). The first-order chi connectivity index (χ1) is 12.6. The van der Waals surface area contributed by atoms with E-state index in [1.165, 1.54) is 0 Å². The fourth-order valence-corrected chi connectivity index (χ4v) is 2.68. The van der Waals surface area contributed by atoms with E-state index in [4.69, 9.17) is 9.47 Å². The van der Waals surface area contributed by atoms with Gasteiger partial charge in [0.05, 0.1) is 13.2 Å². The van der Waals surface area contributed by atoms with Crippen molar-refractivity contribution in [1.82, 2.24) is 0 Å². The zero-order chi connectivity index (χ0) is 18.8. The molecule has 26 heavy (non-hydrogen) atoms. The number of ether oxygens (including phenoxy) is 2. The van der Waals surface area contributed by atoms with Gasteiger partial charge in [0.1, 0.15) is 5.57 Å². The summed E-state index contributed by atoms with van der Waals surface area (Å²) in [4.78, 5) is 12.2. The van der Waals surface area contributed by atoms with Crippen LogP contribution in [0.5, 0.6) is 0 Å². The maximum Gasteiger partial charge on any atom is 0.337 e. The Hall–Kier alpha value is -2.43. The molecule has 0 aliphatic heterocycles. The van der Waals surface area contributed by atoms with E-state index >= 15 is 0 Å². The van der Waals surface area contributed by atoms with Crippen LogP contribution in [0.1, 0.15) is 37.8 Å². The van der Waals surface area contributed by atoms with Crippen LogP contribution in [0.2, 0.25) is 0 Å². The summed E-state index contributed by atoms with van der Waals surface area (Å²) >= 11 is 0. The molecule has 0 fully saturated rings. The molecule has 0 unspecified atom stereocenters. The summed E-state index contributed by atoms with van der Waals surface area (Å²) in [5.74, 6) is -2.51. The molecular weight excluding hydrogens is 328 g/mol. The topological polar surface area (TPSA) is 55.8 Å². The Kier molecular flexibility index (Phi) is 7.57. The average molecular weight is 354 g/mol. The highest BCUT2D eigenvalue weighted by Crippen LogP contribution is 2.37. The number of hydrogen-bond acceptors (Lipinski definition) is 3. The SMILES string of the molecule is CCCOC(OCCC)(C(=Cc1ccccc1)C(=O)O)c1ccccc1. The van der Waals surface area contributed by atoms with Crippen molar-refractivity contribution in [1.29, 1.82) is 0 Å². The van der Waals surface area contributed by atoms with E-state index in [9.17, 15) is 9.90 Å². The highest BCUT2D eigenvalue weighted by Gasteiger charge is 2.42. The smallest absolute Gasteiger partial charge is 0.337 e. The van der Waals surface area contributed by atoms with Crippen molar-refractivity contribution < 1.29 is 19.4 Å². The number of carboxylic acid groups (broad SMARTS) is 1. The minimum atomic E-state index is -1.45. The number of carbonyl (C=O) groups is 1. The highest BCUT2D eigenvalue weighted by atomic mass is 16.7. The normalized spacial score (nSPS) is 12.2. The Morgan fingerprint density at radius 1 is 0.923 bits per heavy atom. The first-order valence-electron chi connectivity index (χ1n) is 8.98. The van der Waals surface area contributed by atoms with Gasteiger partial charge in [0.25, 0.3) is 0 Å². The number of aliphatic carboxylic acids is 1. The second-order valence-corrected chi connectivity index (χ2v) is 5.95. The fourth-order valence-electron chi connectivity index (χ4n) is 2.68. The Morgan fingerprint density at radius 3 is 1.88 bits per heavy atom. The van der Waals surface area contributed by atoms with Gasteiger partial charge in [-0.25, -0.2) is 4.79 Å².